The second-order valence-electron chi connectivity index (χ2n) is 7.34. The Hall–Kier alpha value is -1.94. The van der Waals surface area contributed by atoms with Crippen molar-refractivity contribution < 1.29 is 85.1 Å². The van der Waals surface area contributed by atoms with Crippen molar-refractivity contribution in [2.45, 2.75) is 9.79 Å². The first-order valence-corrected chi connectivity index (χ1v) is 13.5. The number of anilines is 8. The maximum atomic E-state index is 12.0. The Labute approximate surface area is 280 Å². The van der Waals surface area contributed by atoms with Gasteiger partial charge in [0.2, 0.25) is 34.4 Å². The number of rotatable bonds is 2. The molecule has 0 saturated carbocycles. The van der Waals surface area contributed by atoms with E-state index in [1.54, 1.807) is 24.3 Å². The minimum Gasteiger partial charge on any atom is -0.744 e. The Morgan fingerprint density at radius 3 is 1.32 bits per heavy atom. The number of nitrogens with one attached hydrogen (secondary N) is 4. The summed E-state index contributed by atoms with van der Waals surface area (Å²) in [6, 6.07) is 7.85. The standard InChI is InChI=1S/C18H12Cl2N10O6S2.2Na/c19-13-25-15-21-7-2-1-3-8(4-7)22-16-26-14(20)28-18(30-16)24-10-5-9(23-17(27-13)29-15)11(37(31,32)33)6-12(10)38(34,35)36;;/h1-6H,(H,31,32,33)(H,34,35,36)(H2,21,23,25,27,29)(H2,22,24,26,28,30);;/q;2*+1/p-2. The molecule has 0 aliphatic carbocycles. The summed E-state index contributed by atoms with van der Waals surface area (Å²) in [5, 5.41) is 10.1. The Morgan fingerprint density at radius 1 is 0.575 bits per heavy atom. The maximum Gasteiger partial charge on any atom is 1.00 e. The third-order valence-electron chi connectivity index (χ3n) is 4.70. The van der Waals surface area contributed by atoms with Gasteiger partial charge in [0.1, 0.15) is 20.2 Å². The first-order valence-electron chi connectivity index (χ1n) is 9.95. The van der Waals surface area contributed by atoms with Crippen LogP contribution in [-0.4, -0.2) is 55.8 Å². The molecule has 3 heterocycles. The van der Waals surface area contributed by atoms with E-state index in [0.717, 1.165) is 6.07 Å². The van der Waals surface area contributed by atoms with Crippen LogP contribution in [-0.2, 0) is 20.2 Å². The molecule has 0 atom stereocenters. The van der Waals surface area contributed by atoms with Gasteiger partial charge in [0.15, 0.2) is 0 Å². The van der Waals surface area contributed by atoms with Gasteiger partial charge < -0.3 is 30.4 Å². The zero-order valence-corrected chi connectivity index (χ0v) is 27.3. The third kappa shape index (κ3) is 7.66. The number of aromatic nitrogens is 6. The summed E-state index contributed by atoms with van der Waals surface area (Å²) >= 11 is 12.0. The van der Waals surface area contributed by atoms with Crippen molar-refractivity contribution in [3.63, 3.8) is 0 Å². The second kappa shape index (κ2) is 12.5. The van der Waals surface area contributed by atoms with Crippen LogP contribution in [0.25, 0.3) is 0 Å². The quantitative estimate of drug-likeness (QED) is 0.108. The van der Waals surface area contributed by atoms with E-state index < -0.39 is 41.4 Å². The predicted molar refractivity (Wildman–Crippen MR) is 132 cm³/mol. The van der Waals surface area contributed by atoms with Gasteiger partial charge in [0.25, 0.3) is 0 Å². The summed E-state index contributed by atoms with van der Waals surface area (Å²) in [6.07, 6.45) is 0. The molecule has 0 saturated heterocycles. The first kappa shape index (κ1) is 32.6. The van der Waals surface area contributed by atoms with Gasteiger partial charge in [0, 0.05) is 11.4 Å². The summed E-state index contributed by atoms with van der Waals surface area (Å²) in [6.45, 7) is 0. The van der Waals surface area contributed by atoms with Gasteiger partial charge >= 0.3 is 59.1 Å². The normalized spacial score (nSPS) is 12.3. The monoisotopic (exact) mass is 642 g/mol. The molecule has 16 nitrogen and oxygen atoms in total. The van der Waals surface area contributed by atoms with Crippen molar-refractivity contribution in [1.29, 1.82) is 0 Å². The van der Waals surface area contributed by atoms with Crippen molar-refractivity contribution in [2.75, 3.05) is 21.3 Å². The Kier molecular flexibility index (Phi) is 10.2. The van der Waals surface area contributed by atoms with Gasteiger partial charge in [-0.05, 0) is 53.5 Å². The van der Waals surface area contributed by atoms with Crippen LogP contribution in [0, 0.1) is 0 Å². The zero-order valence-electron chi connectivity index (χ0n) is 20.2. The minimum absolute atomic E-state index is 0. The van der Waals surface area contributed by atoms with E-state index in [0.29, 0.717) is 17.4 Å². The predicted octanol–water partition coefficient (Wildman–Crippen LogP) is -3.53. The number of hydrogen-bond donors (Lipinski definition) is 4. The first-order chi connectivity index (χ1) is 17.8. The SMILES string of the molecule is O=S(=O)([O-])c1cc(S(=O)(=O)[O-])c2cc1Nc1nc(Cl)nc(n1)Nc1cccc(c1)Nc1nc(Cl)nc(n1)N2.[Na+].[Na+]. The molecule has 5 rings (SSSR count). The van der Waals surface area contributed by atoms with Crippen molar-refractivity contribution in [3.8, 4) is 0 Å². The molecule has 0 unspecified atom stereocenters. The Balaban J connectivity index is 0.00000220. The minimum atomic E-state index is -5.34. The van der Waals surface area contributed by atoms with Crippen LogP contribution in [0.3, 0.4) is 0 Å². The summed E-state index contributed by atoms with van der Waals surface area (Å²) in [7, 11) is -10.7. The van der Waals surface area contributed by atoms with E-state index >= 15 is 0 Å². The molecular weight excluding hydrogens is 633 g/mol. The topological polar surface area (TPSA) is 240 Å². The Bertz CT molecular complexity index is 1710. The molecule has 22 heteroatoms. The van der Waals surface area contributed by atoms with Crippen LogP contribution in [0.1, 0.15) is 0 Å². The van der Waals surface area contributed by atoms with Gasteiger partial charge in [-0.15, -0.1) is 0 Å². The van der Waals surface area contributed by atoms with Crippen LogP contribution in [0.2, 0.25) is 10.6 Å². The van der Waals surface area contributed by atoms with Gasteiger partial charge in [-0.25, -0.2) is 16.8 Å². The number of hydrogen-bond acceptors (Lipinski definition) is 16. The van der Waals surface area contributed by atoms with Crippen LogP contribution in [0.15, 0.2) is 46.2 Å². The van der Waals surface area contributed by atoms with E-state index in [4.69, 9.17) is 23.2 Å². The number of benzene rings is 2. The summed E-state index contributed by atoms with van der Waals surface area (Å²) < 4.78 is 72.0. The summed E-state index contributed by atoms with van der Waals surface area (Å²) in [5.74, 6) is -0.808. The molecule has 1 aliphatic rings. The zero-order chi connectivity index (χ0) is 27.2. The van der Waals surface area contributed by atoms with Crippen LogP contribution in [0.4, 0.5) is 46.5 Å². The molecule has 4 N–H and O–H groups in total. The average Bonchev–Trinajstić information content (AvgIpc) is 2.76. The van der Waals surface area contributed by atoms with Gasteiger partial charge in [-0.3, -0.25) is 0 Å². The summed E-state index contributed by atoms with van der Waals surface area (Å²) in [4.78, 5) is 21.6. The second-order valence-corrected chi connectivity index (χ2v) is 10.7. The fourth-order valence-corrected chi connectivity index (χ4v) is 4.95. The maximum absolute atomic E-state index is 12.0. The van der Waals surface area contributed by atoms with Crippen molar-refractivity contribution in [2.24, 2.45) is 0 Å². The van der Waals surface area contributed by atoms with Gasteiger partial charge in [-0.2, -0.15) is 29.9 Å². The third-order valence-corrected chi connectivity index (χ3v) is 6.80. The largest absolute Gasteiger partial charge is 1.00 e. The molecule has 8 bridgehead atoms. The van der Waals surface area contributed by atoms with E-state index in [9.17, 15) is 25.9 Å². The van der Waals surface area contributed by atoms with Crippen LogP contribution in [0.5, 0.6) is 0 Å². The average molecular weight is 643 g/mol. The fraction of sp³-hybridized carbons (Fsp3) is 0. The van der Waals surface area contributed by atoms with Gasteiger partial charge in [0.05, 0.1) is 21.2 Å². The van der Waals surface area contributed by atoms with E-state index in [1.807, 2.05) is 0 Å². The fourth-order valence-electron chi connectivity index (χ4n) is 3.27. The molecular formula is C18H10Cl2N10Na2O6S2. The number of fused-ring (bicyclic) bond motifs is 8. The van der Waals surface area contributed by atoms with Crippen molar-refractivity contribution >= 4 is 90.0 Å². The molecule has 4 aromatic rings. The smallest absolute Gasteiger partial charge is 0.744 e. The molecule has 0 radical (unpaired) electrons. The van der Waals surface area contributed by atoms with Crippen LogP contribution >= 0.6 is 23.2 Å². The molecule has 196 valence electrons. The van der Waals surface area contributed by atoms with Gasteiger partial charge in [-0.1, -0.05) is 6.07 Å². The molecule has 2 aromatic heterocycles. The van der Waals surface area contributed by atoms with Crippen LogP contribution < -0.4 is 80.4 Å². The molecule has 1 aliphatic heterocycles. The molecule has 40 heavy (non-hydrogen) atoms. The van der Waals surface area contributed by atoms with Crippen molar-refractivity contribution in [1.82, 2.24) is 29.9 Å². The molecule has 2 aromatic carbocycles. The molecule has 0 amide bonds. The number of nitrogens with zero attached hydrogens (tertiary/aromatic N) is 6. The Morgan fingerprint density at radius 2 is 0.950 bits per heavy atom. The van der Waals surface area contributed by atoms with E-state index in [2.05, 4.69) is 51.2 Å². The van der Waals surface area contributed by atoms with E-state index in [1.165, 1.54) is 0 Å². The van der Waals surface area contributed by atoms with E-state index in [-0.39, 0.29) is 93.5 Å². The number of halogens is 2. The summed E-state index contributed by atoms with van der Waals surface area (Å²) in [5.41, 5.74) is -0.0562. The van der Waals surface area contributed by atoms with Crippen molar-refractivity contribution in [3.05, 3.63) is 47.0 Å². The molecule has 0 fully saturated rings. The molecule has 0 spiro atoms.